The van der Waals surface area contributed by atoms with Gasteiger partial charge in [-0.1, -0.05) is 19.8 Å². The van der Waals surface area contributed by atoms with Gasteiger partial charge in [-0.3, -0.25) is 0 Å². The topological polar surface area (TPSA) is 58.7 Å². The van der Waals surface area contributed by atoms with Gasteiger partial charge in [-0.2, -0.15) is 0 Å². The zero-order chi connectivity index (χ0) is 15.2. The maximum absolute atomic E-state index is 13.9. The normalized spacial score (nSPS) is 19.4. The SMILES string of the molecule is CCCOc1cc(N2CCCCCC2CO)c(N)cc1F. The van der Waals surface area contributed by atoms with Crippen molar-refractivity contribution in [1.29, 1.82) is 0 Å². The molecule has 0 saturated carbocycles. The number of benzene rings is 1. The number of nitrogens with zero attached hydrogens (tertiary/aromatic N) is 1. The average molecular weight is 296 g/mol. The van der Waals surface area contributed by atoms with Crippen LogP contribution in [-0.4, -0.2) is 30.9 Å². The fourth-order valence-electron chi connectivity index (χ4n) is 2.81. The van der Waals surface area contributed by atoms with E-state index >= 15 is 0 Å². The number of nitrogen functional groups attached to an aromatic ring is 1. The quantitative estimate of drug-likeness (QED) is 0.820. The van der Waals surface area contributed by atoms with Crippen LogP contribution in [0.15, 0.2) is 12.1 Å². The third-order valence-corrected chi connectivity index (χ3v) is 3.94. The Morgan fingerprint density at radius 1 is 1.38 bits per heavy atom. The Morgan fingerprint density at radius 2 is 2.19 bits per heavy atom. The minimum Gasteiger partial charge on any atom is -0.490 e. The maximum atomic E-state index is 13.9. The summed E-state index contributed by atoms with van der Waals surface area (Å²) in [6, 6.07) is 3.04. The molecule has 0 aliphatic carbocycles. The van der Waals surface area contributed by atoms with Crippen LogP contribution < -0.4 is 15.4 Å². The number of aliphatic hydroxyl groups excluding tert-OH is 1. The van der Waals surface area contributed by atoms with Crippen LogP contribution >= 0.6 is 0 Å². The lowest BCUT2D eigenvalue weighted by Gasteiger charge is -2.32. The number of nitrogens with two attached hydrogens (primary N) is 1. The van der Waals surface area contributed by atoms with Crippen molar-refractivity contribution in [3.05, 3.63) is 17.9 Å². The van der Waals surface area contributed by atoms with Crippen LogP contribution in [-0.2, 0) is 0 Å². The Bertz CT molecular complexity index is 468. The van der Waals surface area contributed by atoms with E-state index in [0.29, 0.717) is 12.3 Å². The molecule has 0 radical (unpaired) electrons. The van der Waals surface area contributed by atoms with Gasteiger partial charge in [0.1, 0.15) is 0 Å². The summed E-state index contributed by atoms with van der Waals surface area (Å²) in [6.07, 6.45) is 5.05. The second-order valence-corrected chi connectivity index (χ2v) is 5.57. The first-order chi connectivity index (χ1) is 10.2. The highest BCUT2D eigenvalue weighted by Gasteiger charge is 2.23. The summed E-state index contributed by atoms with van der Waals surface area (Å²) in [6.45, 7) is 3.37. The molecule has 21 heavy (non-hydrogen) atoms. The molecule has 0 amide bonds. The summed E-state index contributed by atoms with van der Waals surface area (Å²) >= 11 is 0. The Labute approximate surface area is 125 Å². The highest BCUT2D eigenvalue weighted by Crippen LogP contribution is 2.34. The van der Waals surface area contributed by atoms with Gasteiger partial charge in [0.2, 0.25) is 0 Å². The monoisotopic (exact) mass is 296 g/mol. The number of rotatable bonds is 5. The number of hydrogen-bond acceptors (Lipinski definition) is 4. The van der Waals surface area contributed by atoms with Gasteiger partial charge in [-0.25, -0.2) is 4.39 Å². The molecule has 1 aromatic rings. The third-order valence-electron chi connectivity index (χ3n) is 3.94. The predicted molar refractivity (Wildman–Crippen MR) is 83.3 cm³/mol. The molecule has 1 unspecified atom stereocenters. The molecule has 1 saturated heterocycles. The Kier molecular flexibility index (Phi) is 5.67. The highest BCUT2D eigenvalue weighted by atomic mass is 19.1. The molecule has 5 heteroatoms. The second-order valence-electron chi connectivity index (χ2n) is 5.57. The van der Waals surface area contributed by atoms with E-state index in [1.165, 1.54) is 6.07 Å². The van der Waals surface area contributed by atoms with E-state index in [9.17, 15) is 9.50 Å². The summed E-state index contributed by atoms with van der Waals surface area (Å²) < 4.78 is 19.4. The molecule has 1 atom stereocenters. The molecular formula is C16H25FN2O2. The van der Waals surface area contributed by atoms with Crippen molar-refractivity contribution in [3.63, 3.8) is 0 Å². The number of ether oxygens (including phenoxy) is 1. The molecule has 3 N–H and O–H groups in total. The van der Waals surface area contributed by atoms with E-state index in [0.717, 1.165) is 44.3 Å². The molecule has 1 fully saturated rings. The van der Waals surface area contributed by atoms with E-state index < -0.39 is 5.82 Å². The largest absolute Gasteiger partial charge is 0.490 e. The zero-order valence-corrected chi connectivity index (χ0v) is 12.6. The van der Waals surface area contributed by atoms with Crippen LogP contribution in [0, 0.1) is 5.82 Å². The lowest BCUT2D eigenvalue weighted by molar-refractivity contribution is 0.255. The minimum absolute atomic E-state index is 0.0410. The molecule has 0 spiro atoms. The van der Waals surface area contributed by atoms with Gasteiger partial charge in [-0.15, -0.1) is 0 Å². The summed E-state index contributed by atoms with van der Waals surface area (Å²) in [5, 5.41) is 9.62. The van der Waals surface area contributed by atoms with Crippen molar-refractivity contribution in [2.24, 2.45) is 0 Å². The lowest BCUT2D eigenvalue weighted by Crippen LogP contribution is -2.38. The summed E-state index contributed by atoms with van der Waals surface area (Å²) in [4.78, 5) is 2.10. The number of halogens is 1. The Hall–Kier alpha value is -1.49. The van der Waals surface area contributed by atoms with Crippen LogP contribution in [0.5, 0.6) is 5.75 Å². The third kappa shape index (κ3) is 3.79. The van der Waals surface area contributed by atoms with Crippen LogP contribution in [0.4, 0.5) is 15.8 Å². The van der Waals surface area contributed by atoms with Crippen molar-refractivity contribution in [2.75, 3.05) is 30.4 Å². The van der Waals surface area contributed by atoms with Crippen LogP contribution in [0.3, 0.4) is 0 Å². The molecule has 1 aliphatic heterocycles. The van der Waals surface area contributed by atoms with E-state index in [1.807, 2.05) is 6.92 Å². The van der Waals surface area contributed by atoms with Gasteiger partial charge < -0.3 is 20.5 Å². The molecule has 4 nitrogen and oxygen atoms in total. The molecule has 1 heterocycles. The zero-order valence-electron chi connectivity index (χ0n) is 12.6. The van der Waals surface area contributed by atoms with Crippen LogP contribution in [0.1, 0.15) is 39.0 Å². The van der Waals surface area contributed by atoms with Crippen molar-refractivity contribution >= 4 is 11.4 Å². The number of aliphatic hydroxyl groups is 1. The van der Waals surface area contributed by atoms with Gasteiger partial charge >= 0.3 is 0 Å². The first-order valence-corrected chi connectivity index (χ1v) is 7.76. The second kappa shape index (κ2) is 7.50. The molecular weight excluding hydrogens is 271 g/mol. The van der Waals surface area contributed by atoms with Crippen molar-refractivity contribution in [3.8, 4) is 5.75 Å². The molecule has 1 aromatic carbocycles. The fraction of sp³-hybridized carbons (Fsp3) is 0.625. The smallest absolute Gasteiger partial charge is 0.167 e. The molecule has 0 aromatic heterocycles. The molecule has 0 bridgehead atoms. The molecule has 1 aliphatic rings. The van der Waals surface area contributed by atoms with Crippen LogP contribution in [0.25, 0.3) is 0 Å². The van der Waals surface area contributed by atoms with E-state index in [1.54, 1.807) is 6.07 Å². The van der Waals surface area contributed by atoms with E-state index in [4.69, 9.17) is 10.5 Å². The standard InChI is InChI=1S/C16H25FN2O2/c1-2-8-21-16-10-15(14(18)9-13(16)17)19-7-5-3-4-6-12(19)11-20/h9-10,12,20H,2-8,11,18H2,1H3. The average Bonchev–Trinajstić information content (AvgIpc) is 2.71. The first-order valence-electron chi connectivity index (χ1n) is 7.76. The highest BCUT2D eigenvalue weighted by molar-refractivity contribution is 5.70. The summed E-state index contributed by atoms with van der Waals surface area (Å²) in [7, 11) is 0. The van der Waals surface area contributed by atoms with Crippen LogP contribution in [0.2, 0.25) is 0 Å². The molecule has 2 rings (SSSR count). The summed E-state index contributed by atoms with van der Waals surface area (Å²) in [5.41, 5.74) is 7.17. The Morgan fingerprint density at radius 3 is 2.90 bits per heavy atom. The lowest BCUT2D eigenvalue weighted by atomic mass is 10.1. The summed E-state index contributed by atoms with van der Waals surface area (Å²) in [5.74, 6) is -0.193. The number of hydrogen-bond donors (Lipinski definition) is 2. The van der Waals surface area contributed by atoms with Gasteiger partial charge in [0, 0.05) is 18.7 Å². The van der Waals surface area contributed by atoms with Crippen molar-refractivity contribution in [1.82, 2.24) is 0 Å². The molecule has 118 valence electrons. The number of anilines is 2. The minimum atomic E-state index is -0.430. The first kappa shape index (κ1) is 15.9. The van der Waals surface area contributed by atoms with E-state index in [2.05, 4.69) is 4.90 Å². The van der Waals surface area contributed by atoms with Gasteiger partial charge in [0.15, 0.2) is 11.6 Å². The predicted octanol–water partition coefficient (Wildman–Crippen LogP) is 2.94. The van der Waals surface area contributed by atoms with Crippen molar-refractivity contribution in [2.45, 2.75) is 45.1 Å². The fourth-order valence-corrected chi connectivity index (χ4v) is 2.81. The van der Waals surface area contributed by atoms with E-state index in [-0.39, 0.29) is 18.4 Å². The maximum Gasteiger partial charge on any atom is 0.167 e. The Balaban J connectivity index is 2.31. The van der Waals surface area contributed by atoms with Crippen molar-refractivity contribution < 1.29 is 14.2 Å². The van der Waals surface area contributed by atoms with Gasteiger partial charge in [0.25, 0.3) is 0 Å². The van der Waals surface area contributed by atoms with Gasteiger partial charge in [-0.05, 0) is 19.3 Å². The van der Waals surface area contributed by atoms with Gasteiger partial charge in [0.05, 0.1) is 30.6 Å².